The lowest BCUT2D eigenvalue weighted by Gasteiger charge is -1.86. The maximum atomic E-state index is 12.2. The van der Waals surface area contributed by atoms with Crippen LogP contribution in [0.4, 0.5) is 13.2 Å². The third-order valence-corrected chi connectivity index (χ3v) is 1.62. The van der Waals surface area contributed by atoms with Gasteiger partial charge in [0.25, 0.3) is 0 Å². The molecule has 0 aliphatic carbocycles. The van der Waals surface area contributed by atoms with Gasteiger partial charge in [-0.2, -0.15) is 20.1 Å². The fourth-order valence-corrected chi connectivity index (χ4v) is 1.13. The van der Waals surface area contributed by atoms with Crippen LogP contribution in [-0.4, -0.2) is 0 Å². The molecule has 0 radical (unpaired) electrons. The maximum absolute atomic E-state index is 12.2. The van der Waals surface area contributed by atoms with Gasteiger partial charge in [-0.15, -0.1) is 0 Å². The van der Waals surface area contributed by atoms with Crippen LogP contribution in [0.2, 0.25) is 0 Å². The molecule has 0 amide bonds. The van der Waals surface area contributed by atoms with Gasteiger partial charge in [0.05, 0.1) is 0 Å². The van der Waals surface area contributed by atoms with E-state index in [0.29, 0.717) is 0 Å². The second-order valence-corrected chi connectivity index (χ2v) is 2.37. The Kier molecular flexibility index (Phi) is 2.11. The van der Waals surface area contributed by atoms with Gasteiger partial charge in [0.15, 0.2) is 5.83 Å². The molecule has 0 aliphatic heterocycles. The van der Waals surface area contributed by atoms with E-state index in [1.165, 1.54) is 28.2 Å². The zero-order chi connectivity index (χ0) is 7.56. The summed E-state index contributed by atoms with van der Waals surface area (Å²) in [5, 5.41) is 2.87. The van der Waals surface area contributed by atoms with E-state index in [2.05, 4.69) is 0 Å². The highest BCUT2D eigenvalue weighted by Gasteiger charge is 2.07. The first-order valence-corrected chi connectivity index (χ1v) is 3.39. The average Bonchev–Trinajstić information content (AvgIpc) is 2.36. The quantitative estimate of drug-likeness (QED) is 0.597. The predicted octanol–water partition coefficient (Wildman–Crippen LogP) is 3.28. The molecule has 0 saturated carbocycles. The smallest absolute Gasteiger partial charge is 0.200 e. The molecule has 0 N–H and O–H groups in total. The summed E-state index contributed by atoms with van der Waals surface area (Å²) < 4.78 is 35.2. The molecule has 0 saturated heterocycles. The molecule has 54 valence electrons. The van der Waals surface area contributed by atoms with Crippen LogP contribution in [0, 0.1) is 0 Å². The van der Waals surface area contributed by atoms with Crippen LogP contribution in [0.25, 0.3) is 5.83 Å². The topological polar surface area (TPSA) is 0 Å². The maximum Gasteiger partial charge on any atom is 0.306 e. The Labute approximate surface area is 59.6 Å². The first-order valence-electron chi connectivity index (χ1n) is 2.45. The Morgan fingerprint density at radius 1 is 1.30 bits per heavy atom. The normalized spacial score (nSPS) is 9.50. The summed E-state index contributed by atoms with van der Waals surface area (Å²) >= 11 is 1.18. The zero-order valence-corrected chi connectivity index (χ0v) is 5.59. The number of thiophene rings is 1. The van der Waals surface area contributed by atoms with Gasteiger partial charge >= 0.3 is 6.08 Å². The van der Waals surface area contributed by atoms with E-state index < -0.39 is 11.9 Å². The fourth-order valence-electron chi connectivity index (χ4n) is 0.498. The van der Waals surface area contributed by atoms with E-state index in [1.54, 1.807) is 0 Å². The van der Waals surface area contributed by atoms with Crippen molar-refractivity contribution in [2.24, 2.45) is 0 Å². The molecule has 0 unspecified atom stereocenters. The molecule has 4 heteroatoms. The second kappa shape index (κ2) is 2.88. The minimum absolute atomic E-state index is 0.0509. The first-order chi connectivity index (χ1) is 4.72. The summed E-state index contributed by atoms with van der Waals surface area (Å²) in [5.74, 6) is -1.43. The van der Waals surface area contributed by atoms with Gasteiger partial charge < -0.3 is 0 Å². The lowest BCUT2D eigenvalue weighted by Crippen LogP contribution is -1.71. The molecule has 10 heavy (non-hydrogen) atoms. The third-order valence-electron chi connectivity index (χ3n) is 0.941. The highest BCUT2D eigenvalue weighted by Crippen LogP contribution is 2.23. The van der Waals surface area contributed by atoms with Gasteiger partial charge in [-0.25, -0.2) is 4.39 Å². The van der Waals surface area contributed by atoms with Gasteiger partial charge in [-0.05, 0) is 11.4 Å². The molecule has 1 rings (SSSR count). The molecule has 0 aliphatic rings. The van der Waals surface area contributed by atoms with Crippen molar-refractivity contribution in [2.75, 3.05) is 0 Å². The number of hydrogen-bond donors (Lipinski definition) is 0. The Morgan fingerprint density at radius 3 is 2.40 bits per heavy atom. The summed E-state index contributed by atoms with van der Waals surface area (Å²) in [7, 11) is 0. The monoisotopic (exact) mass is 164 g/mol. The van der Waals surface area contributed by atoms with E-state index in [-0.39, 0.29) is 5.56 Å². The Hall–Kier alpha value is -0.770. The molecule has 1 aromatic rings. The van der Waals surface area contributed by atoms with Crippen molar-refractivity contribution < 1.29 is 13.2 Å². The van der Waals surface area contributed by atoms with Gasteiger partial charge in [-0.1, -0.05) is 0 Å². The van der Waals surface area contributed by atoms with Crippen molar-refractivity contribution in [2.45, 2.75) is 0 Å². The molecule has 1 aromatic heterocycles. The third kappa shape index (κ3) is 1.39. The summed E-state index contributed by atoms with van der Waals surface area (Å²) in [6, 6.07) is 1.30. The van der Waals surface area contributed by atoms with Gasteiger partial charge in [0, 0.05) is 10.9 Å². The molecule has 0 bridgehead atoms. The van der Waals surface area contributed by atoms with E-state index in [4.69, 9.17) is 0 Å². The molecule has 0 atom stereocenters. The van der Waals surface area contributed by atoms with Crippen molar-refractivity contribution >= 4 is 17.2 Å². The van der Waals surface area contributed by atoms with E-state index in [1.807, 2.05) is 0 Å². The molecule has 1 heterocycles. The van der Waals surface area contributed by atoms with Crippen molar-refractivity contribution in [1.82, 2.24) is 0 Å². The highest BCUT2D eigenvalue weighted by atomic mass is 32.1. The van der Waals surface area contributed by atoms with Gasteiger partial charge in [0.1, 0.15) is 0 Å². The number of rotatable bonds is 1. The van der Waals surface area contributed by atoms with Crippen molar-refractivity contribution in [3.05, 3.63) is 28.5 Å². The predicted molar refractivity (Wildman–Crippen MR) is 34.6 cm³/mol. The summed E-state index contributed by atoms with van der Waals surface area (Å²) in [4.78, 5) is 0. The van der Waals surface area contributed by atoms with Crippen molar-refractivity contribution in [1.29, 1.82) is 0 Å². The number of hydrogen-bond acceptors (Lipinski definition) is 1. The zero-order valence-electron chi connectivity index (χ0n) is 4.77. The van der Waals surface area contributed by atoms with Crippen molar-refractivity contribution in [3.63, 3.8) is 0 Å². The molecule has 0 fully saturated rings. The Morgan fingerprint density at radius 2 is 2.00 bits per heavy atom. The molecule has 0 aromatic carbocycles. The van der Waals surface area contributed by atoms with Gasteiger partial charge in [-0.3, -0.25) is 0 Å². The molecular formula is C6H3F3S. The van der Waals surface area contributed by atoms with Gasteiger partial charge in [0.2, 0.25) is 0 Å². The largest absolute Gasteiger partial charge is 0.306 e. The summed E-state index contributed by atoms with van der Waals surface area (Å²) in [6.45, 7) is 0. The van der Waals surface area contributed by atoms with Crippen LogP contribution < -0.4 is 0 Å². The van der Waals surface area contributed by atoms with Crippen LogP contribution in [0.5, 0.6) is 0 Å². The summed E-state index contributed by atoms with van der Waals surface area (Å²) in [5.41, 5.74) is -0.0509. The van der Waals surface area contributed by atoms with E-state index >= 15 is 0 Å². The minimum Gasteiger partial charge on any atom is -0.200 e. The molecule has 0 nitrogen and oxygen atoms in total. The lowest BCUT2D eigenvalue weighted by molar-refractivity contribution is 0.410. The second-order valence-electron chi connectivity index (χ2n) is 1.59. The van der Waals surface area contributed by atoms with Crippen LogP contribution >= 0.6 is 11.3 Å². The average molecular weight is 164 g/mol. The standard InChI is InChI=1S/C6H3F3S/c7-5(6(8)9)4-1-2-10-3-4/h1-3H. The van der Waals surface area contributed by atoms with Crippen LogP contribution in [0.15, 0.2) is 22.9 Å². The Balaban J connectivity index is 2.99. The van der Waals surface area contributed by atoms with E-state index in [9.17, 15) is 13.2 Å². The first kappa shape index (κ1) is 7.34. The van der Waals surface area contributed by atoms with Crippen molar-refractivity contribution in [3.8, 4) is 0 Å². The summed E-state index contributed by atoms with van der Waals surface area (Å²) in [6.07, 6.45) is -2.27. The fraction of sp³-hybridized carbons (Fsp3) is 0. The highest BCUT2D eigenvalue weighted by molar-refractivity contribution is 7.08. The van der Waals surface area contributed by atoms with Crippen LogP contribution in [0.3, 0.4) is 0 Å². The lowest BCUT2D eigenvalue weighted by atomic mass is 10.3. The Bertz CT molecular complexity index is 234. The SMILES string of the molecule is FC(F)=C(F)c1ccsc1. The van der Waals surface area contributed by atoms with Crippen LogP contribution in [0.1, 0.15) is 5.56 Å². The molecule has 0 spiro atoms. The minimum atomic E-state index is -2.27. The number of halogens is 3. The molecular weight excluding hydrogens is 161 g/mol. The van der Waals surface area contributed by atoms with Crippen LogP contribution in [-0.2, 0) is 0 Å². The van der Waals surface area contributed by atoms with E-state index in [0.717, 1.165) is 0 Å².